The number of hydrogen-bond acceptors (Lipinski definition) is 3. The number of nitrogens with one attached hydrogen (secondary N) is 1. The summed E-state index contributed by atoms with van der Waals surface area (Å²) in [6, 6.07) is 11.2. The number of carbonyl (C=O) groups excluding carboxylic acids is 1. The first-order valence-corrected chi connectivity index (χ1v) is 6.64. The van der Waals surface area contributed by atoms with Crippen LogP contribution in [0, 0.1) is 6.92 Å². The largest absolute Gasteiger partial charge is 0.504 e. The van der Waals surface area contributed by atoms with Crippen LogP contribution >= 0.6 is 0 Å². The molecule has 0 aliphatic heterocycles. The zero-order valence-corrected chi connectivity index (χ0v) is 11.6. The summed E-state index contributed by atoms with van der Waals surface area (Å²) in [5.74, 6) is -0.214. The van der Waals surface area contributed by atoms with Crippen molar-refractivity contribution in [3.05, 3.63) is 65.6 Å². The molecule has 5 heteroatoms. The highest BCUT2D eigenvalue weighted by atomic mass is 16.3. The molecule has 5 nitrogen and oxygen atoms in total. The molecule has 2 N–H and O–H groups in total. The van der Waals surface area contributed by atoms with E-state index in [0.717, 1.165) is 5.56 Å². The number of carbonyl (C=O) groups is 1. The van der Waals surface area contributed by atoms with E-state index in [-0.39, 0.29) is 17.4 Å². The van der Waals surface area contributed by atoms with Gasteiger partial charge in [-0.25, -0.2) is 4.98 Å². The molecule has 0 aliphatic rings. The first-order chi connectivity index (χ1) is 10.1. The standard InChI is InChI=1S/C16H15N3O2/c1-11-4-6-12(7-5-11)9-17-16(21)13-10-19-8-2-3-14(20)15(19)18-13/h2-8,10,20H,9H2,1H3,(H,17,21). The molecular weight excluding hydrogens is 266 g/mol. The number of aromatic hydroxyl groups is 1. The van der Waals surface area contributed by atoms with Crippen molar-refractivity contribution in [2.75, 3.05) is 0 Å². The lowest BCUT2D eigenvalue weighted by atomic mass is 10.1. The normalized spacial score (nSPS) is 10.7. The number of hydrogen-bond donors (Lipinski definition) is 2. The highest BCUT2D eigenvalue weighted by molar-refractivity contribution is 5.93. The van der Waals surface area contributed by atoms with Gasteiger partial charge in [0, 0.05) is 18.9 Å². The quantitative estimate of drug-likeness (QED) is 0.774. The molecule has 0 atom stereocenters. The minimum absolute atomic E-state index is 0.0510. The summed E-state index contributed by atoms with van der Waals surface area (Å²) in [7, 11) is 0. The number of nitrogens with zero attached hydrogens (tertiary/aromatic N) is 2. The van der Waals surface area contributed by atoms with Crippen LogP contribution in [0.15, 0.2) is 48.8 Å². The fourth-order valence-electron chi connectivity index (χ4n) is 2.09. The van der Waals surface area contributed by atoms with E-state index >= 15 is 0 Å². The van der Waals surface area contributed by atoms with Crippen LogP contribution in [-0.2, 0) is 6.54 Å². The molecule has 21 heavy (non-hydrogen) atoms. The van der Waals surface area contributed by atoms with Crippen molar-refractivity contribution in [3.8, 4) is 5.75 Å². The van der Waals surface area contributed by atoms with Gasteiger partial charge in [-0.2, -0.15) is 0 Å². The molecular formula is C16H15N3O2. The second-order valence-electron chi connectivity index (χ2n) is 4.92. The highest BCUT2D eigenvalue weighted by Gasteiger charge is 2.12. The van der Waals surface area contributed by atoms with Gasteiger partial charge in [0.1, 0.15) is 5.69 Å². The van der Waals surface area contributed by atoms with Gasteiger partial charge in [-0.15, -0.1) is 0 Å². The van der Waals surface area contributed by atoms with E-state index in [0.29, 0.717) is 12.2 Å². The highest BCUT2D eigenvalue weighted by Crippen LogP contribution is 2.16. The van der Waals surface area contributed by atoms with Gasteiger partial charge in [0.25, 0.3) is 5.91 Å². The van der Waals surface area contributed by atoms with Gasteiger partial charge in [0.2, 0.25) is 0 Å². The molecule has 2 aromatic heterocycles. The van der Waals surface area contributed by atoms with Crippen molar-refractivity contribution >= 4 is 11.6 Å². The molecule has 0 unspecified atom stereocenters. The first-order valence-electron chi connectivity index (χ1n) is 6.64. The molecule has 0 bridgehead atoms. The molecule has 3 aromatic rings. The average Bonchev–Trinajstić information content (AvgIpc) is 2.92. The van der Waals surface area contributed by atoms with Crippen LogP contribution in [0.3, 0.4) is 0 Å². The third-order valence-corrected chi connectivity index (χ3v) is 3.27. The molecule has 0 saturated heterocycles. The van der Waals surface area contributed by atoms with Crippen molar-refractivity contribution in [2.24, 2.45) is 0 Å². The molecule has 2 heterocycles. The Morgan fingerprint density at radius 3 is 2.76 bits per heavy atom. The average molecular weight is 281 g/mol. The topological polar surface area (TPSA) is 66.6 Å². The zero-order chi connectivity index (χ0) is 14.8. The van der Waals surface area contributed by atoms with Crippen molar-refractivity contribution in [1.82, 2.24) is 14.7 Å². The SMILES string of the molecule is Cc1ccc(CNC(=O)c2cn3cccc(O)c3n2)cc1. The van der Waals surface area contributed by atoms with E-state index in [9.17, 15) is 9.90 Å². The van der Waals surface area contributed by atoms with Gasteiger partial charge in [-0.3, -0.25) is 4.79 Å². The summed E-state index contributed by atoms with van der Waals surface area (Å²) < 4.78 is 1.62. The van der Waals surface area contributed by atoms with E-state index < -0.39 is 0 Å². The summed E-state index contributed by atoms with van der Waals surface area (Å²) in [5.41, 5.74) is 2.86. The summed E-state index contributed by atoms with van der Waals surface area (Å²) in [6.07, 6.45) is 3.33. The lowest BCUT2D eigenvalue weighted by molar-refractivity contribution is 0.0946. The van der Waals surface area contributed by atoms with E-state index in [4.69, 9.17) is 0 Å². The van der Waals surface area contributed by atoms with Crippen molar-refractivity contribution in [2.45, 2.75) is 13.5 Å². The number of imidazole rings is 1. The summed E-state index contributed by atoms with van der Waals surface area (Å²) in [4.78, 5) is 16.2. The molecule has 1 amide bonds. The van der Waals surface area contributed by atoms with E-state index in [2.05, 4.69) is 10.3 Å². The number of pyridine rings is 1. The van der Waals surface area contributed by atoms with E-state index in [1.165, 1.54) is 11.6 Å². The Hall–Kier alpha value is -2.82. The summed E-state index contributed by atoms with van der Waals surface area (Å²) in [5, 5.41) is 12.5. The van der Waals surface area contributed by atoms with Crippen LogP contribution in [0.1, 0.15) is 21.6 Å². The van der Waals surface area contributed by atoms with Gasteiger partial charge in [-0.05, 0) is 24.6 Å². The summed E-state index contributed by atoms with van der Waals surface area (Å²) in [6.45, 7) is 2.46. The van der Waals surface area contributed by atoms with Crippen LogP contribution in [0.5, 0.6) is 5.75 Å². The molecule has 106 valence electrons. The van der Waals surface area contributed by atoms with E-state index in [1.54, 1.807) is 22.9 Å². The number of fused-ring (bicyclic) bond motifs is 1. The maximum Gasteiger partial charge on any atom is 0.271 e. The zero-order valence-electron chi connectivity index (χ0n) is 11.6. The van der Waals surface area contributed by atoms with Crippen molar-refractivity contribution in [1.29, 1.82) is 0 Å². The first kappa shape index (κ1) is 13.2. The monoisotopic (exact) mass is 281 g/mol. The van der Waals surface area contributed by atoms with Crippen LogP contribution in [0.2, 0.25) is 0 Å². The summed E-state index contributed by atoms with van der Waals surface area (Å²) >= 11 is 0. The van der Waals surface area contributed by atoms with E-state index in [1.807, 2.05) is 31.2 Å². The minimum atomic E-state index is -0.265. The number of rotatable bonds is 3. The second kappa shape index (κ2) is 5.28. The molecule has 0 spiro atoms. The number of amides is 1. The Labute approximate surface area is 121 Å². The van der Waals surface area contributed by atoms with Crippen molar-refractivity contribution < 1.29 is 9.90 Å². The van der Waals surface area contributed by atoms with Crippen LogP contribution in [-0.4, -0.2) is 20.4 Å². The fourth-order valence-corrected chi connectivity index (χ4v) is 2.09. The number of benzene rings is 1. The lowest BCUT2D eigenvalue weighted by Crippen LogP contribution is -2.23. The maximum absolute atomic E-state index is 12.1. The van der Waals surface area contributed by atoms with Gasteiger partial charge in [-0.1, -0.05) is 29.8 Å². The van der Waals surface area contributed by atoms with Crippen LogP contribution in [0.25, 0.3) is 5.65 Å². The number of aryl methyl sites for hydroxylation is 1. The molecule has 0 fully saturated rings. The third-order valence-electron chi connectivity index (χ3n) is 3.27. The Balaban J connectivity index is 1.75. The number of aromatic nitrogens is 2. The Bertz CT molecular complexity index is 791. The predicted molar refractivity (Wildman–Crippen MR) is 79.2 cm³/mol. The van der Waals surface area contributed by atoms with Gasteiger partial charge in [0.15, 0.2) is 11.4 Å². The third kappa shape index (κ3) is 2.72. The van der Waals surface area contributed by atoms with Crippen LogP contribution < -0.4 is 5.32 Å². The molecule has 0 aliphatic carbocycles. The van der Waals surface area contributed by atoms with Gasteiger partial charge in [0.05, 0.1) is 0 Å². The smallest absolute Gasteiger partial charge is 0.271 e. The Morgan fingerprint density at radius 2 is 2.05 bits per heavy atom. The molecule has 0 saturated carbocycles. The second-order valence-corrected chi connectivity index (χ2v) is 4.92. The Kier molecular flexibility index (Phi) is 3.31. The Morgan fingerprint density at radius 1 is 1.29 bits per heavy atom. The molecule has 1 aromatic carbocycles. The van der Waals surface area contributed by atoms with Crippen LogP contribution in [0.4, 0.5) is 0 Å². The predicted octanol–water partition coefficient (Wildman–Crippen LogP) is 2.28. The van der Waals surface area contributed by atoms with Gasteiger partial charge < -0.3 is 14.8 Å². The van der Waals surface area contributed by atoms with Crippen molar-refractivity contribution in [3.63, 3.8) is 0 Å². The molecule has 0 radical (unpaired) electrons. The lowest BCUT2D eigenvalue weighted by Gasteiger charge is -2.03. The fraction of sp³-hybridized carbons (Fsp3) is 0.125. The maximum atomic E-state index is 12.1. The molecule has 3 rings (SSSR count). The van der Waals surface area contributed by atoms with Gasteiger partial charge >= 0.3 is 0 Å². The minimum Gasteiger partial charge on any atom is -0.504 e.